The Morgan fingerprint density at radius 2 is 1.08 bits per heavy atom. The van der Waals surface area contributed by atoms with Crippen LogP contribution >= 0.6 is 0 Å². The minimum Gasteiger partial charge on any atom is -0.458 e. The van der Waals surface area contributed by atoms with Gasteiger partial charge >= 0.3 is 36.9 Å². The second-order valence-corrected chi connectivity index (χ2v) is 14.7. The lowest BCUT2D eigenvalue weighted by molar-refractivity contribution is -0.397. The summed E-state index contributed by atoms with van der Waals surface area (Å²) in [7, 11) is 0. The van der Waals surface area contributed by atoms with Crippen LogP contribution in [-0.4, -0.2) is 64.9 Å². The van der Waals surface area contributed by atoms with Gasteiger partial charge in [-0.2, -0.15) is 65.9 Å². The average molecular weight is 787 g/mol. The topological polar surface area (TPSA) is 55.8 Å². The van der Waals surface area contributed by atoms with E-state index in [2.05, 4.69) is 4.74 Å². The highest BCUT2D eigenvalue weighted by Gasteiger charge is 2.77. The van der Waals surface area contributed by atoms with Crippen LogP contribution < -0.4 is 0 Å². The van der Waals surface area contributed by atoms with Gasteiger partial charge in [0.2, 0.25) is 0 Å². The number of carbonyl (C=O) groups is 1. The maximum Gasteiger partial charge on any atom is 0.427 e. The third kappa shape index (κ3) is 7.55. The molecule has 1 N–H and O–H groups in total. The Morgan fingerprint density at radius 1 is 0.692 bits per heavy atom. The van der Waals surface area contributed by atoms with Gasteiger partial charge in [0.15, 0.2) is 5.41 Å². The molecule has 302 valence electrons. The Morgan fingerprint density at radius 3 is 1.38 bits per heavy atom. The SMILES string of the molecule is CCC(C)(C(=O)OC1(C)C2CC3CC(C2)CC1C3)C(F)(F)F.CCC(C)OC(C1C=CC(C(O)(C(F)(F)F)C(F)(F)F)C=C1)(C(F)(F)F)C(F)(F)F. The van der Waals surface area contributed by atoms with E-state index in [0.29, 0.717) is 11.8 Å². The summed E-state index contributed by atoms with van der Waals surface area (Å²) < 4.78 is 208. The van der Waals surface area contributed by atoms with E-state index >= 15 is 0 Å². The molecule has 5 rings (SSSR count). The van der Waals surface area contributed by atoms with Crippen molar-refractivity contribution >= 4 is 5.97 Å². The highest BCUT2D eigenvalue weighted by Crippen LogP contribution is 2.60. The zero-order valence-electron chi connectivity index (χ0n) is 28.6. The molecule has 19 heteroatoms. The lowest BCUT2D eigenvalue weighted by Gasteiger charge is -2.59. The molecule has 0 radical (unpaired) electrons. The molecule has 0 aliphatic heterocycles. The van der Waals surface area contributed by atoms with E-state index in [-0.39, 0.29) is 49.0 Å². The molecule has 4 nitrogen and oxygen atoms in total. The molecule has 0 aromatic carbocycles. The molecule has 5 aliphatic carbocycles. The third-order valence-corrected chi connectivity index (χ3v) is 11.5. The van der Waals surface area contributed by atoms with Crippen molar-refractivity contribution < 1.29 is 85.2 Å². The van der Waals surface area contributed by atoms with Crippen LogP contribution in [0.5, 0.6) is 0 Å². The van der Waals surface area contributed by atoms with E-state index in [1.807, 2.05) is 6.92 Å². The molecule has 0 saturated heterocycles. The maximum atomic E-state index is 13.5. The predicted octanol–water partition coefficient (Wildman–Crippen LogP) is 10.6. The Kier molecular flexibility index (Phi) is 12.0. The number of hydrogen-bond acceptors (Lipinski definition) is 4. The summed E-state index contributed by atoms with van der Waals surface area (Å²) in [6, 6.07) is 0. The molecule has 52 heavy (non-hydrogen) atoms. The summed E-state index contributed by atoms with van der Waals surface area (Å²) in [5.74, 6) is -5.09. The molecule has 5 aliphatic rings. The van der Waals surface area contributed by atoms with E-state index in [9.17, 15) is 75.8 Å². The van der Waals surface area contributed by atoms with Gasteiger partial charge < -0.3 is 14.6 Å². The molecule has 2 unspecified atom stereocenters. The highest BCUT2D eigenvalue weighted by molar-refractivity contribution is 5.78. The largest absolute Gasteiger partial charge is 0.458 e. The number of ether oxygens (including phenoxy) is 2. The first kappa shape index (κ1) is 44.2. The summed E-state index contributed by atoms with van der Waals surface area (Å²) in [4.78, 5) is 12.4. The van der Waals surface area contributed by atoms with Gasteiger partial charge in [-0.3, -0.25) is 4.79 Å². The van der Waals surface area contributed by atoms with Crippen LogP contribution in [0, 0.1) is 40.9 Å². The summed E-state index contributed by atoms with van der Waals surface area (Å²) in [6.45, 7) is 6.34. The molecule has 0 amide bonds. The zero-order valence-corrected chi connectivity index (χ0v) is 28.6. The molecule has 0 spiro atoms. The summed E-state index contributed by atoms with van der Waals surface area (Å²) in [5.41, 5.74) is -13.5. The third-order valence-electron chi connectivity index (χ3n) is 11.5. The van der Waals surface area contributed by atoms with Crippen LogP contribution in [0.1, 0.15) is 79.6 Å². The molecule has 4 fully saturated rings. The van der Waals surface area contributed by atoms with Crippen LogP contribution in [0.25, 0.3) is 0 Å². The molecule has 0 aromatic rings. The Balaban J connectivity index is 0.000000292. The van der Waals surface area contributed by atoms with Crippen molar-refractivity contribution in [3.8, 4) is 0 Å². The lowest BCUT2D eigenvalue weighted by Crippen LogP contribution is -2.64. The van der Waals surface area contributed by atoms with Crippen LogP contribution in [-0.2, 0) is 14.3 Å². The van der Waals surface area contributed by atoms with Crippen molar-refractivity contribution in [1.29, 1.82) is 0 Å². The Hall–Kier alpha value is -2.18. The van der Waals surface area contributed by atoms with Crippen LogP contribution in [0.15, 0.2) is 24.3 Å². The molecular weight excluding hydrogens is 745 g/mol. The van der Waals surface area contributed by atoms with Gasteiger partial charge in [-0.15, -0.1) is 0 Å². The van der Waals surface area contributed by atoms with Crippen molar-refractivity contribution in [1.82, 2.24) is 0 Å². The van der Waals surface area contributed by atoms with Crippen LogP contribution in [0.4, 0.5) is 65.9 Å². The number of aliphatic hydroxyl groups is 1. The van der Waals surface area contributed by atoms with Gasteiger partial charge in [-0.05, 0) is 89.4 Å². The quantitative estimate of drug-likeness (QED) is 0.151. The van der Waals surface area contributed by atoms with Crippen LogP contribution in [0.3, 0.4) is 0 Å². The van der Waals surface area contributed by atoms with Crippen molar-refractivity contribution in [2.45, 2.75) is 133 Å². The van der Waals surface area contributed by atoms with Gasteiger partial charge in [-0.25, -0.2) is 0 Å². The lowest BCUT2D eigenvalue weighted by atomic mass is 9.50. The summed E-state index contributed by atoms with van der Waals surface area (Å²) in [5, 5.41) is 9.27. The molecule has 0 aromatic heterocycles. The first-order valence-electron chi connectivity index (χ1n) is 16.6. The molecule has 4 saturated carbocycles. The highest BCUT2D eigenvalue weighted by atomic mass is 19.4. The molecular formula is C33H41F15O4. The van der Waals surface area contributed by atoms with Gasteiger partial charge in [-0.1, -0.05) is 38.2 Å². The fourth-order valence-electron chi connectivity index (χ4n) is 7.91. The smallest absolute Gasteiger partial charge is 0.427 e. The summed E-state index contributed by atoms with van der Waals surface area (Å²) in [6.07, 6.45) is -27.1. The van der Waals surface area contributed by atoms with Gasteiger partial charge in [0.05, 0.1) is 6.10 Å². The number of hydrogen-bond donors (Lipinski definition) is 1. The fourth-order valence-corrected chi connectivity index (χ4v) is 7.91. The van der Waals surface area contributed by atoms with Crippen molar-refractivity contribution in [2.24, 2.45) is 40.9 Å². The van der Waals surface area contributed by atoms with Crippen molar-refractivity contribution in [3.63, 3.8) is 0 Å². The van der Waals surface area contributed by atoms with E-state index in [1.165, 1.54) is 20.3 Å². The fraction of sp³-hybridized carbons (Fsp3) is 0.848. The molecule has 2 atom stereocenters. The predicted molar refractivity (Wildman–Crippen MR) is 154 cm³/mol. The second-order valence-electron chi connectivity index (χ2n) is 14.7. The number of rotatable bonds is 8. The van der Waals surface area contributed by atoms with E-state index in [0.717, 1.165) is 39.5 Å². The zero-order chi connectivity index (χ0) is 40.3. The molecule has 0 heterocycles. The van der Waals surface area contributed by atoms with E-state index in [1.54, 1.807) is 0 Å². The van der Waals surface area contributed by atoms with Crippen molar-refractivity contribution in [2.75, 3.05) is 0 Å². The van der Waals surface area contributed by atoms with Crippen molar-refractivity contribution in [3.05, 3.63) is 24.3 Å². The number of halogens is 15. The first-order valence-corrected chi connectivity index (χ1v) is 16.6. The molecule has 4 bridgehead atoms. The van der Waals surface area contributed by atoms with Gasteiger partial charge in [0, 0.05) is 11.8 Å². The Bertz CT molecular complexity index is 1250. The monoisotopic (exact) mass is 786 g/mol. The standard InChI is InChI=1S/C17H25F3O2.C16H16F12O2/c1-4-15(2,17(18,19)20)14(21)22-16(3)12-6-10-5-11(8-12)9-13(16)7-10;1-3-8(2)30-12(15(23,24)25,16(26,27)28)10-6-4-9(5-7-10)11(29,13(17,18)19)14(20,21)22/h10-13H,4-9H2,1-3H3;4-10,29H,3H2,1-2H3. The van der Waals surface area contributed by atoms with Crippen LogP contribution in [0.2, 0.25) is 0 Å². The van der Waals surface area contributed by atoms with E-state index < -0.39 is 77.0 Å². The maximum absolute atomic E-state index is 13.5. The number of carbonyl (C=O) groups excluding carboxylic acids is 1. The normalized spacial score (nSPS) is 31.5. The minimum atomic E-state index is -6.32. The Labute approximate surface area is 290 Å². The summed E-state index contributed by atoms with van der Waals surface area (Å²) >= 11 is 0. The second kappa shape index (κ2) is 14.2. The number of alkyl halides is 15. The van der Waals surface area contributed by atoms with Gasteiger partial charge in [0.25, 0.3) is 11.2 Å². The van der Waals surface area contributed by atoms with Gasteiger partial charge in [0.1, 0.15) is 5.60 Å². The minimum absolute atomic E-state index is 0.128. The average Bonchev–Trinajstić information content (AvgIpc) is 2.98. The van der Waals surface area contributed by atoms with E-state index in [4.69, 9.17) is 4.74 Å². The number of esters is 1. The first-order chi connectivity index (χ1) is 23.3.